The minimum absolute atomic E-state index is 0.756. The molecule has 2 aliphatic rings. The minimum Gasteiger partial charge on any atom is -0.300 e. The lowest BCUT2D eigenvalue weighted by atomic mass is 9.77. The molecule has 0 aromatic carbocycles. The van der Waals surface area contributed by atoms with Gasteiger partial charge in [-0.15, -0.1) is 0 Å². The first-order valence-electron chi connectivity index (χ1n) is 6.33. The van der Waals surface area contributed by atoms with E-state index in [1.807, 2.05) is 0 Å². The molecule has 0 aromatic rings. The lowest BCUT2D eigenvalue weighted by Crippen LogP contribution is -2.46. The summed E-state index contributed by atoms with van der Waals surface area (Å²) < 4.78 is 0. The Morgan fingerprint density at radius 3 is 1.79 bits per heavy atom. The summed E-state index contributed by atoms with van der Waals surface area (Å²) in [5.41, 5.74) is 0. The van der Waals surface area contributed by atoms with Crippen molar-refractivity contribution in [3.8, 4) is 0 Å². The van der Waals surface area contributed by atoms with Crippen LogP contribution >= 0.6 is 0 Å². The predicted octanol–water partition coefficient (Wildman–Crippen LogP) is 3.01. The highest BCUT2D eigenvalue weighted by Gasteiger charge is 2.43. The van der Waals surface area contributed by atoms with Crippen LogP contribution in [0.5, 0.6) is 0 Å². The van der Waals surface area contributed by atoms with E-state index in [-0.39, 0.29) is 0 Å². The van der Waals surface area contributed by atoms with Crippen LogP contribution in [0.3, 0.4) is 0 Å². The molecule has 1 nitrogen and oxygen atoms in total. The van der Waals surface area contributed by atoms with E-state index in [0.717, 1.165) is 29.7 Å². The van der Waals surface area contributed by atoms with Crippen LogP contribution in [-0.2, 0) is 0 Å². The van der Waals surface area contributed by atoms with Gasteiger partial charge in [0.25, 0.3) is 0 Å². The zero-order valence-corrected chi connectivity index (χ0v) is 10.2. The molecule has 0 aromatic heterocycles. The Bertz CT molecular complexity index is 183. The number of fused-ring (bicyclic) bond motifs is 2. The van der Waals surface area contributed by atoms with Crippen LogP contribution < -0.4 is 0 Å². The van der Waals surface area contributed by atoms with Gasteiger partial charge in [0.2, 0.25) is 0 Å². The SMILES string of the molecule is CC(C)C1C2CC[C@H]1CN(C(C)C)C2. The molecule has 0 spiro atoms. The lowest BCUT2D eigenvalue weighted by Gasteiger charge is -2.41. The van der Waals surface area contributed by atoms with E-state index >= 15 is 0 Å². The van der Waals surface area contributed by atoms with Crippen molar-refractivity contribution in [1.29, 1.82) is 0 Å². The molecule has 1 saturated heterocycles. The van der Waals surface area contributed by atoms with E-state index in [0.29, 0.717) is 0 Å². The molecule has 0 amide bonds. The molecule has 82 valence electrons. The number of hydrogen-bond donors (Lipinski definition) is 0. The Kier molecular flexibility index (Phi) is 2.88. The Labute approximate surface area is 88.9 Å². The fourth-order valence-electron chi connectivity index (χ4n) is 3.81. The van der Waals surface area contributed by atoms with E-state index in [9.17, 15) is 0 Å². The molecule has 2 bridgehead atoms. The first-order chi connectivity index (χ1) is 6.59. The van der Waals surface area contributed by atoms with E-state index < -0.39 is 0 Å². The normalized spacial score (nSPS) is 38.6. The summed E-state index contributed by atoms with van der Waals surface area (Å²) in [4.78, 5) is 2.70. The molecule has 1 saturated carbocycles. The zero-order chi connectivity index (χ0) is 10.3. The van der Waals surface area contributed by atoms with Gasteiger partial charge in [0.05, 0.1) is 0 Å². The van der Waals surface area contributed by atoms with E-state index in [2.05, 4.69) is 32.6 Å². The summed E-state index contributed by atoms with van der Waals surface area (Å²) in [5.74, 6) is 3.96. The van der Waals surface area contributed by atoms with Crippen molar-refractivity contribution in [2.45, 2.75) is 46.6 Å². The van der Waals surface area contributed by atoms with Crippen molar-refractivity contribution in [2.24, 2.45) is 23.7 Å². The fraction of sp³-hybridized carbons (Fsp3) is 1.00. The maximum absolute atomic E-state index is 2.70. The van der Waals surface area contributed by atoms with Crippen molar-refractivity contribution in [2.75, 3.05) is 13.1 Å². The quantitative estimate of drug-likeness (QED) is 0.654. The molecule has 1 aliphatic carbocycles. The molecule has 2 unspecified atom stereocenters. The van der Waals surface area contributed by atoms with Gasteiger partial charge in [0.15, 0.2) is 0 Å². The Morgan fingerprint density at radius 1 is 0.929 bits per heavy atom. The van der Waals surface area contributed by atoms with Crippen LogP contribution in [0.1, 0.15) is 40.5 Å². The zero-order valence-electron chi connectivity index (χ0n) is 10.2. The van der Waals surface area contributed by atoms with Gasteiger partial charge in [-0.1, -0.05) is 13.8 Å². The smallest absolute Gasteiger partial charge is 0.00388 e. The second-order valence-electron chi connectivity index (χ2n) is 5.97. The third-order valence-electron chi connectivity index (χ3n) is 4.44. The third-order valence-corrected chi connectivity index (χ3v) is 4.44. The molecule has 1 heteroatoms. The van der Waals surface area contributed by atoms with Gasteiger partial charge in [-0.3, -0.25) is 0 Å². The molecule has 14 heavy (non-hydrogen) atoms. The van der Waals surface area contributed by atoms with Gasteiger partial charge in [0, 0.05) is 19.1 Å². The maximum Gasteiger partial charge on any atom is 0.00388 e. The second kappa shape index (κ2) is 3.84. The predicted molar refractivity (Wildman–Crippen MR) is 61.3 cm³/mol. The summed E-state index contributed by atoms with van der Waals surface area (Å²) in [6.45, 7) is 12.3. The van der Waals surface area contributed by atoms with Crippen LogP contribution in [0.4, 0.5) is 0 Å². The number of rotatable bonds is 2. The Hall–Kier alpha value is -0.0400. The van der Waals surface area contributed by atoms with Gasteiger partial charge in [-0.05, 0) is 50.4 Å². The van der Waals surface area contributed by atoms with E-state index in [4.69, 9.17) is 0 Å². The highest BCUT2D eigenvalue weighted by Crippen LogP contribution is 2.45. The van der Waals surface area contributed by atoms with Crippen molar-refractivity contribution < 1.29 is 0 Å². The first kappa shape index (κ1) is 10.5. The summed E-state index contributed by atoms with van der Waals surface area (Å²) in [7, 11) is 0. The molecule has 0 radical (unpaired) electrons. The second-order valence-corrected chi connectivity index (χ2v) is 5.97. The lowest BCUT2D eigenvalue weighted by molar-refractivity contribution is 0.0612. The summed E-state index contributed by atoms with van der Waals surface area (Å²) in [6.07, 6.45) is 2.99. The molecular formula is C13H25N. The average molecular weight is 195 g/mol. The van der Waals surface area contributed by atoms with Crippen molar-refractivity contribution in [3.05, 3.63) is 0 Å². The largest absolute Gasteiger partial charge is 0.300 e. The maximum atomic E-state index is 2.70. The highest BCUT2D eigenvalue weighted by atomic mass is 15.2. The number of likely N-dealkylation sites (tertiary alicyclic amines) is 1. The molecule has 1 heterocycles. The van der Waals surface area contributed by atoms with Crippen LogP contribution in [0.25, 0.3) is 0 Å². The van der Waals surface area contributed by atoms with Gasteiger partial charge in [0.1, 0.15) is 0 Å². The standard InChI is InChI=1S/C13H25N/c1-9(2)13-11-5-6-12(13)8-14(7-11)10(3)4/h9-13H,5-8H2,1-4H3/t11-,12?,13?/m0/s1. The van der Waals surface area contributed by atoms with Crippen LogP contribution in [-0.4, -0.2) is 24.0 Å². The summed E-state index contributed by atoms with van der Waals surface area (Å²) in [6, 6.07) is 0.756. The molecule has 2 rings (SSSR count). The highest BCUT2D eigenvalue weighted by molar-refractivity contribution is 4.94. The molecular weight excluding hydrogens is 170 g/mol. The monoisotopic (exact) mass is 195 g/mol. The average Bonchev–Trinajstić information content (AvgIpc) is 2.37. The number of piperidine rings is 1. The summed E-state index contributed by atoms with van der Waals surface area (Å²) >= 11 is 0. The first-order valence-corrected chi connectivity index (χ1v) is 6.33. The van der Waals surface area contributed by atoms with Crippen molar-refractivity contribution in [1.82, 2.24) is 4.90 Å². The van der Waals surface area contributed by atoms with Gasteiger partial charge in [-0.2, -0.15) is 0 Å². The molecule has 2 fully saturated rings. The van der Waals surface area contributed by atoms with Gasteiger partial charge >= 0.3 is 0 Å². The Balaban J connectivity index is 2.05. The molecule has 3 atom stereocenters. The van der Waals surface area contributed by atoms with Crippen LogP contribution in [0.2, 0.25) is 0 Å². The fourth-order valence-corrected chi connectivity index (χ4v) is 3.81. The van der Waals surface area contributed by atoms with E-state index in [1.54, 1.807) is 0 Å². The van der Waals surface area contributed by atoms with Crippen LogP contribution in [0.15, 0.2) is 0 Å². The topological polar surface area (TPSA) is 3.24 Å². The van der Waals surface area contributed by atoms with Gasteiger partial charge < -0.3 is 4.90 Å². The number of nitrogens with zero attached hydrogens (tertiary/aromatic N) is 1. The van der Waals surface area contributed by atoms with Gasteiger partial charge in [-0.25, -0.2) is 0 Å². The van der Waals surface area contributed by atoms with Crippen molar-refractivity contribution in [3.63, 3.8) is 0 Å². The number of hydrogen-bond acceptors (Lipinski definition) is 1. The van der Waals surface area contributed by atoms with Crippen LogP contribution in [0, 0.1) is 23.7 Å². The minimum atomic E-state index is 0.756. The Morgan fingerprint density at radius 2 is 1.43 bits per heavy atom. The van der Waals surface area contributed by atoms with Crippen molar-refractivity contribution >= 4 is 0 Å². The molecule has 1 aliphatic heterocycles. The summed E-state index contributed by atoms with van der Waals surface area (Å²) in [5, 5.41) is 0. The van der Waals surface area contributed by atoms with E-state index in [1.165, 1.54) is 25.9 Å². The third kappa shape index (κ3) is 1.71. The molecule has 0 N–H and O–H groups in total.